The van der Waals surface area contributed by atoms with Gasteiger partial charge in [0, 0.05) is 55.7 Å². The first-order chi connectivity index (χ1) is 17.0. The molecule has 2 aromatic carbocycles. The highest BCUT2D eigenvalue weighted by molar-refractivity contribution is 5.96. The molecule has 6 nitrogen and oxygen atoms in total. The van der Waals surface area contributed by atoms with Crippen LogP contribution in [0.4, 0.5) is 0 Å². The highest BCUT2D eigenvalue weighted by Crippen LogP contribution is 2.33. The van der Waals surface area contributed by atoms with E-state index in [0.29, 0.717) is 24.2 Å². The van der Waals surface area contributed by atoms with Crippen molar-refractivity contribution in [2.75, 3.05) is 26.2 Å². The zero-order valence-electron chi connectivity index (χ0n) is 20.6. The van der Waals surface area contributed by atoms with Crippen molar-refractivity contribution in [3.63, 3.8) is 0 Å². The number of H-pyrrole nitrogens is 1. The molecular weight excluding hydrogens is 436 g/mol. The fraction of sp³-hybridized carbons (Fsp3) is 0.310. The molecule has 1 saturated heterocycles. The normalized spacial score (nSPS) is 14.1. The summed E-state index contributed by atoms with van der Waals surface area (Å²) in [6.07, 6.45) is 3.84. The molecule has 2 heterocycles. The number of hydrogen-bond donors (Lipinski definition) is 2. The standard InChI is InChI=1S/C29H34N4O2/c1-3-33(4-2)29(35)23-12-10-21(11-13-23)27(24-7-5-8-25(19-24)28(30)34)22-14-17-32(18-15-22)20-26-9-6-16-31-26/h5-13,16,19,31H,3-4,14-15,17-18,20H2,1-2H3,(H2,30,34). The summed E-state index contributed by atoms with van der Waals surface area (Å²) in [4.78, 5) is 32.2. The minimum Gasteiger partial charge on any atom is -0.366 e. The van der Waals surface area contributed by atoms with Gasteiger partial charge in [-0.25, -0.2) is 0 Å². The van der Waals surface area contributed by atoms with E-state index < -0.39 is 5.91 Å². The molecule has 0 saturated carbocycles. The molecule has 4 rings (SSSR count). The number of benzene rings is 2. The molecule has 0 atom stereocenters. The third-order valence-corrected chi connectivity index (χ3v) is 6.78. The molecule has 0 bridgehead atoms. The number of likely N-dealkylation sites (tertiary alicyclic amines) is 1. The average Bonchev–Trinajstić information content (AvgIpc) is 3.39. The lowest BCUT2D eigenvalue weighted by Crippen LogP contribution is -2.31. The molecule has 1 fully saturated rings. The lowest BCUT2D eigenvalue weighted by molar-refractivity contribution is 0.0772. The van der Waals surface area contributed by atoms with Crippen molar-refractivity contribution in [2.45, 2.75) is 33.2 Å². The van der Waals surface area contributed by atoms with E-state index in [-0.39, 0.29) is 5.91 Å². The monoisotopic (exact) mass is 470 g/mol. The van der Waals surface area contributed by atoms with E-state index in [2.05, 4.69) is 16.0 Å². The SMILES string of the molecule is CCN(CC)C(=O)c1ccc(C(=C2CCN(Cc3ccc[nH]3)CC2)c2cccc(C(N)=O)c2)cc1. The maximum Gasteiger partial charge on any atom is 0.253 e. The fourth-order valence-corrected chi connectivity index (χ4v) is 4.81. The Balaban J connectivity index is 1.66. The number of nitrogens with one attached hydrogen (secondary N) is 1. The molecule has 0 radical (unpaired) electrons. The number of piperidine rings is 1. The average molecular weight is 471 g/mol. The number of primary amides is 1. The Labute approximate surface area is 207 Å². The van der Waals surface area contributed by atoms with Gasteiger partial charge in [0.1, 0.15) is 0 Å². The summed E-state index contributed by atoms with van der Waals surface area (Å²) in [6.45, 7) is 8.20. The zero-order chi connectivity index (χ0) is 24.8. The number of carbonyl (C=O) groups excluding carboxylic acids is 2. The third-order valence-electron chi connectivity index (χ3n) is 6.78. The number of aromatic amines is 1. The summed E-state index contributed by atoms with van der Waals surface area (Å²) < 4.78 is 0. The Bertz CT molecular complexity index is 1180. The summed E-state index contributed by atoms with van der Waals surface area (Å²) >= 11 is 0. The van der Waals surface area contributed by atoms with Crippen LogP contribution < -0.4 is 5.73 Å². The summed E-state index contributed by atoms with van der Waals surface area (Å²) in [5.74, 6) is -0.388. The lowest BCUT2D eigenvalue weighted by Gasteiger charge is -2.30. The molecule has 3 aromatic rings. The van der Waals surface area contributed by atoms with Crippen LogP contribution in [0.1, 0.15) is 64.2 Å². The van der Waals surface area contributed by atoms with E-state index >= 15 is 0 Å². The van der Waals surface area contributed by atoms with Crippen LogP contribution >= 0.6 is 0 Å². The van der Waals surface area contributed by atoms with E-state index in [4.69, 9.17) is 5.73 Å². The number of amides is 2. The molecule has 182 valence electrons. The maximum atomic E-state index is 12.8. The molecule has 3 N–H and O–H groups in total. The molecule has 0 unspecified atom stereocenters. The van der Waals surface area contributed by atoms with Crippen molar-refractivity contribution in [3.8, 4) is 0 Å². The molecule has 6 heteroatoms. The van der Waals surface area contributed by atoms with Crippen LogP contribution in [-0.4, -0.2) is 52.8 Å². The van der Waals surface area contributed by atoms with Crippen molar-refractivity contribution in [1.82, 2.24) is 14.8 Å². The van der Waals surface area contributed by atoms with Gasteiger partial charge in [-0.1, -0.05) is 29.8 Å². The topological polar surface area (TPSA) is 82.4 Å². The summed E-state index contributed by atoms with van der Waals surface area (Å²) in [6, 6.07) is 19.6. The second kappa shape index (κ2) is 11.2. The number of carbonyl (C=O) groups is 2. The van der Waals surface area contributed by atoms with Gasteiger partial charge in [-0.15, -0.1) is 0 Å². The van der Waals surface area contributed by atoms with Crippen molar-refractivity contribution in [1.29, 1.82) is 0 Å². The predicted octanol–water partition coefficient (Wildman–Crippen LogP) is 4.69. The van der Waals surface area contributed by atoms with E-state index in [9.17, 15) is 9.59 Å². The van der Waals surface area contributed by atoms with Crippen LogP contribution in [0.5, 0.6) is 0 Å². The number of aromatic nitrogens is 1. The minimum atomic E-state index is -0.433. The highest BCUT2D eigenvalue weighted by atomic mass is 16.2. The third kappa shape index (κ3) is 5.72. The van der Waals surface area contributed by atoms with E-state index in [1.165, 1.54) is 11.3 Å². The van der Waals surface area contributed by atoms with E-state index in [0.717, 1.165) is 49.2 Å². The zero-order valence-corrected chi connectivity index (χ0v) is 20.6. The molecule has 1 aliphatic rings. The van der Waals surface area contributed by atoms with Crippen LogP contribution in [0, 0.1) is 0 Å². The highest BCUT2D eigenvalue weighted by Gasteiger charge is 2.21. The predicted molar refractivity (Wildman–Crippen MR) is 140 cm³/mol. The molecule has 2 amide bonds. The Hall–Kier alpha value is -3.64. The largest absolute Gasteiger partial charge is 0.366 e. The van der Waals surface area contributed by atoms with Crippen LogP contribution in [0.3, 0.4) is 0 Å². The molecular formula is C29H34N4O2. The summed E-state index contributed by atoms with van der Waals surface area (Å²) in [5.41, 5.74) is 12.5. The van der Waals surface area contributed by atoms with Gasteiger partial charge in [0.05, 0.1) is 0 Å². The van der Waals surface area contributed by atoms with Crippen molar-refractivity contribution in [2.24, 2.45) is 5.73 Å². The molecule has 0 spiro atoms. The van der Waals surface area contributed by atoms with Crippen molar-refractivity contribution >= 4 is 17.4 Å². The van der Waals surface area contributed by atoms with Gasteiger partial charge in [0.25, 0.3) is 5.91 Å². The second-order valence-corrected chi connectivity index (χ2v) is 8.95. The van der Waals surface area contributed by atoms with Gasteiger partial charge in [-0.3, -0.25) is 14.5 Å². The van der Waals surface area contributed by atoms with Crippen molar-refractivity contribution in [3.05, 3.63) is 100 Å². The maximum absolute atomic E-state index is 12.8. The summed E-state index contributed by atoms with van der Waals surface area (Å²) in [7, 11) is 0. The quantitative estimate of drug-likeness (QED) is 0.501. The van der Waals surface area contributed by atoms with Gasteiger partial charge in [-0.2, -0.15) is 0 Å². The second-order valence-electron chi connectivity index (χ2n) is 8.95. The molecule has 35 heavy (non-hydrogen) atoms. The summed E-state index contributed by atoms with van der Waals surface area (Å²) in [5, 5.41) is 0. The van der Waals surface area contributed by atoms with Gasteiger partial charge in [0.15, 0.2) is 0 Å². The van der Waals surface area contributed by atoms with Crippen LogP contribution in [0.25, 0.3) is 5.57 Å². The number of rotatable bonds is 8. The number of hydrogen-bond acceptors (Lipinski definition) is 3. The van der Waals surface area contributed by atoms with Crippen LogP contribution in [0.15, 0.2) is 72.4 Å². The van der Waals surface area contributed by atoms with Crippen molar-refractivity contribution < 1.29 is 9.59 Å². The Kier molecular flexibility index (Phi) is 7.83. The van der Waals surface area contributed by atoms with E-state index in [1.54, 1.807) is 6.07 Å². The molecule has 1 aliphatic heterocycles. The fourth-order valence-electron chi connectivity index (χ4n) is 4.81. The molecule has 1 aromatic heterocycles. The number of nitrogens with zero attached hydrogens (tertiary/aromatic N) is 2. The van der Waals surface area contributed by atoms with Gasteiger partial charge >= 0.3 is 0 Å². The van der Waals surface area contributed by atoms with E-state index in [1.807, 2.05) is 73.5 Å². The van der Waals surface area contributed by atoms with Gasteiger partial charge < -0.3 is 15.6 Å². The Morgan fingerprint density at radius 1 is 0.886 bits per heavy atom. The lowest BCUT2D eigenvalue weighted by atomic mass is 9.87. The first kappa shape index (κ1) is 24.5. The smallest absolute Gasteiger partial charge is 0.253 e. The first-order valence-corrected chi connectivity index (χ1v) is 12.4. The minimum absolute atomic E-state index is 0.0455. The Morgan fingerprint density at radius 3 is 2.14 bits per heavy atom. The van der Waals surface area contributed by atoms with Gasteiger partial charge in [-0.05, 0) is 79.8 Å². The number of nitrogens with two attached hydrogens (primary N) is 1. The Morgan fingerprint density at radius 2 is 1.54 bits per heavy atom. The molecule has 0 aliphatic carbocycles. The van der Waals surface area contributed by atoms with Crippen LogP contribution in [-0.2, 0) is 6.54 Å². The van der Waals surface area contributed by atoms with Gasteiger partial charge in [0.2, 0.25) is 5.91 Å². The van der Waals surface area contributed by atoms with Crippen LogP contribution in [0.2, 0.25) is 0 Å². The first-order valence-electron chi connectivity index (χ1n) is 12.4.